The van der Waals surface area contributed by atoms with E-state index in [1.807, 2.05) is 11.8 Å². The van der Waals surface area contributed by atoms with Crippen LogP contribution in [-0.4, -0.2) is 48.0 Å². The first-order valence-corrected chi connectivity index (χ1v) is 8.13. The number of ether oxygens (including phenoxy) is 1. The molecule has 3 rings (SSSR count). The molecule has 1 fully saturated rings. The number of Topliss-reactive ketones (excluding diaryl/α,β-unsaturated/α-hetero) is 1. The lowest BCUT2D eigenvalue weighted by molar-refractivity contribution is 0.100. The average Bonchev–Trinajstić information content (AvgIpc) is 2.62. The zero-order valence-electron chi connectivity index (χ0n) is 14.3. The Kier molecular flexibility index (Phi) is 5.04. The Labute approximate surface area is 146 Å². The first kappa shape index (κ1) is 17.0. The Morgan fingerprint density at radius 2 is 1.92 bits per heavy atom. The predicted octanol–water partition coefficient (Wildman–Crippen LogP) is 2.08. The predicted molar refractivity (Wildman–Crippen MR) is 94.2 cm³/mol. The van der Waals surface area contributed by atoms with Gasteiger partial charge in [-0.2, -0.15) is 0 Å². The van der Waals surface area contributed by atoms with Gasteiger partial charge in [-0.15, -0.1) is 0 Å². The fraction of sp³-hybridized carbons (Fsp3) is 0.333. The van der Waals surface area contributed by atoms with Gasteiger partial charge in [0, 0.05) is 30.0 Å². The number of rotatable bonds is 4. The Hall–Kier alpha value is -2.80. The van der Waals surface area contributed by atoms with Crippen LogP contribution in [0.2, 0.25) is 0 Å². The highest BCUT2D eigenvalue weighted by atomic mass is 16.5. The van der Waals surface area contributed by atoms with Crippen molar-refractivity contribution in [2.75, 3.05) is 36.5 Å². The molecule has 1 aliphatic heterocycles. The summed E-state index contributed by atoms with van der Waals surface area (Å²) in [7, 11) is 0. The summed E-state index contributed by atoms with van der Waals surface area (Å²) in [6.45, 7) is 5.96. The number of aromatic nitrogens is 2. The molecule has 1 aliphatic rings. The van der Waals surface area contributed by atoms with Crippen molar-refractivity contribution in [2.45, 2.75) is 13.8 Å². The quantitative estimate of drug-likeness (QED) is 0.858. The van der Waals surface area contributed by atoms with Gasteiger partial charge in [0.05, 0.1) is 13.2 Å². The third-order valence-electron chi connectivity index (χ3n) is 3.90. The lowest BCUT2D eigenvalue weighted by Gasteiger charge is -2.27. The number of nitrogens with one attached hydrogen (secondary N) is 1. The minimum Gasteiger partial charge on any atom is -0.378 e. The van der Waals surface area contributed by atoms with Crippen molar-refractivity contribution in [3.05, 3.63) is 47.3 Å². The van der Waals surface area contributed by atoms with E-state index in [-0.39, 0.29) is 11.7 Å². The summed E-state index contributed by atoms with van der Waals surface area (Å²) in [5, 5.41) is 2.79. The molecule has 0 unspecified atom stereocenters. The van der Waals surface area contributed by atoms with Crippen molar-refractivity contribution in [1.82, 2.24) is 9.97 Å². The van der Waals surface area contributed by atoms with Crippen molar-refractivity contribution in [2.24, 2.45) is 0 Å². The molecule has 0 radical (unpaired) electrons. The van der Waals surface area contributed by atoms with Gasteiger partial charge < -0.3 is 15.0 Å². The second kappa shape index (κ2) is 7.40. The molecule has 7 heteroatoms. The van der Waals surface area contributed by atoms with E-state index in [9.17, 15) is 9.59 Å². The lowest BCUT2D eigenvalue weighted by atomic mass is 10.1. The number of aryl methyl sites for hydroxylation is 1. The third-order valence-corrected chi connectivity index (χ3v) is 3.90. The van der Waals surface area contributed by atoms with Gasteiger partial charge in [-0.25, -0.2) is 9.97 Å². The number of anilines is 2. The molecular weight excluding hydrogens is 320 g/mol. The molecule has 0 atom stereocenters. The summed E-state index contributed by atoms with van der Waals surface area (Å²) in [6.07, 6.45) is 0. The molecule has 0 spiro atoms. The molecule has 1 saturated heterocycles. The maximum absolute atomic E-state index is 12.6. The van der Waals surface area contributed by atoms with Crippen LogP contribution in [0.15, 0.2) is 30.3 Å². The second-order valence-electron chi connectivity index (χ2n) is 5.89. The number of morpholine rings is 1. The van der Waals surface area contributed by atoms with Crippen LogP contribution in [-0.2, 0) is 4.74 Å². The Morgan fingerprint density at radius 3 is 2.64 bits per heavy atom. The second-order valence-corrected chi connectivity index (χ2v) is 5.89. The molecule has 0 bridgehead atoms. The monoisotopic (exact) mass is 340 g/mol. The SMILES string of the molecule is CC(=O)c1cccc(NC(=O)c2cc(C)nc(N3CCOCC3)n2)c1. The van der Waals surface area contributed by atoms with E-state index in [4.69, 9.17) is 4.74 Å². The van der Waals surface area contributed by atoms with E-state index in [1.165, 1.54) is 6.92 Å². The molecule has 2 aromatic rings. The number of ketones is 1. The normalized spacial score (nSPS) is 14.2. The van der Waals surface area contributed by atoms with Crippen LogP contribution in [0, 0.1) is 6.92 Å². The van der Waals surface area contributed by atoms with Gasteiger partial charge in [-0.1, -0.05) is 12.1 Å². The van der Waals surface area contributed by atoms with Crippen LogP contribution in [0.5, 0.6) is 0 Å². The number of hydrogen-bond acceptors (Lipinski definition) is 6. The molecule has 0 saturated carbocycles. The van der Waals surface area contributed by atoms with Crippen LogP contribution < -0.4 is 10.2 Å². The number of carbonyl (C=O) groups is 2. The number of carbonyl (C=O) groups excluding carboxylic acids is 2. The van der Waals surface area contributed by atoms with E-state index in [0.717, 1.165) is 5.69 Å². The van der Waals surface area contributed by atoms with Crippen LogP contribution >= 0.6 is 0 Å². The third kappa shape index (κ3) is 4.19. The van der Waals surface area contributed by atoms with Gasteiger partial charge in [0.15, 0.2) is 5.78 Å². The molecule has 7 nitrogen and oxygen atoms in total. The van der Waals surface area contributed by atoms with Crippen molar-refractivity contribution < 1.29 is 14.3 Å². The Bertz CT molecular complexity index is 801. The first-order chi connectivity index (χ1) is 12.0. The molecule has 1 aromatic carbocycles. The zero-order valence-corrected chi connectivity index (χ0v) is 14.3. The minimum atomic E-state index is -0.333. The van der Waals surface area contributed by atoms with Gasteiger partial charge in [-0.05, 0) is 32.0 Å². The number of benzene rings is 1. The van der Waals surface area contributed by atoms with Crippen LogP contribution in [0.25, 0.3) is 0 Å². The van der Waals surface area contributed by atoms with Gasteiger partial charge in [0.25, 0.3) is 5.91 Å². The van der Waals surface area contributed by atoms with Crippen molar-refractivity contribution >= 4 is 23.3 Å². The zero-order chi connectivity index (χ0) is 17.8. The fourth-order valence-electron chi connectivity index (χ4n) is 2.59. The highest BCUT2D eigenvalue weighted by molar-refractivity contribution is 6.04. The van der Waals surface area contributed by atoms with Crippen LogP contribution in [0.4, 0.5) is 11.6 Å². The van der Waals surface area contributed by atoms with Gasteiger partial charge in [-0.3, -0.25) is 9.59 Å². The minimum absolute atomic E-state index is 0.0522. The molecule has 130 valence electrons. The van der Waals surface area contributed by atoms with E-state index in [2.05, 4.69) is 15.3 Å². The smallest absolute Gasteiger partial charge is 0.274 e. The van der Waals surface area contributed by atoms with Crippen LogP contribution in [0.1, 0.15) is 33.5 Å². The van der Waals surface area contributed by atoms with Gasteiger partial charge in [0.2, 0.25) is 5.95 Å². The molecule has 2 heterocycles. The molecule has 1 N–H and O–H groups in total. The molecule has 25 heavy (non-hydrogen) atoms. The summed E-state index contributed by atoms with van der Waals surface area (Å²) >= 11 is 0. The summed E-state index contributed by atoms with van der Waals surface area (Å²) in [4.78, 5) is 34.8. The molecule has 0 aliphatic carbocycles. The summed E-state index contributed by atoms with van der Waals surface area (Å²) in [5.41, 5.74) is 2.12. The van der Waals surface area contributed by atoms with E-state index >= 15 is 0 Å². The maximum Gasteiger partial charge on any atom is 0.274 e. The van der Waals surface area contributed by atoms with Crippen molar-refractivity contribution in [1.29, 1.82) is 0 Å². The summed E-state index contributed by atoms with van der Waals surface area (Å²) in [6, 6.07) is 8.48. The number of amides is 1. The Morgan fingerprint density at radius 1 is 1.16 bits per heavy atom. The van der Waals surface area contributed by atoms with E-state index < -0.39 is 0 Å². The summed E-state index contributed by atoms with van der Waals surface area (Å²) < 4.78 is 5.33. The fourth-order valence-corrected chi connectivity index (χ4v) is 2.59. The van der Waals surface area contributed by atoms with Gasteiger partial charge in [0.1, 0.15) is 5.69 Å². The first-order valence-electron chi connectivity index (χ1n) is 8.13. The van der Waals surface area contributed by atoms with E-state index in [1.54, 1.807) is 30.3 Å². The van der Waals surface area contributed by atoms with Gasteiger partial charge >= 0.3 is 0 Å². The van der Waals surface area contributed by atoms with Crippen molar-refractivity contribution in [3.63, 3.8) is 0 Å². The standard InChI is InChI=1S/C18H20N4O3/c1-12-10-16(21-18(19-12)22-6-8-25-9-7-22)17(24)20-15-5-3-4-14(11-15)13(2)23/h3-5,10-11H,6-9H2,1-2H3,(H,20,24). The largest absolute Gasteiger partial charge is 0.378 e. The molecule has 1 aromatic heterocycles. The summed E-state index contributed by atoms with van der Waals surface area (Å²) in [5.74, 6) is 0.148. The highest BCUT2D eigenvalue weighted by Gasteiger charge is 2.17. The topological polar surface area (TPSA) is 84.4 Å². The maximum atomic E-state index is 12.6. The Balaban J connectivity index is 1.81. The van der Waals surface area contributed by atoms with Crippen molar-refractivity contribution in [3.8, 4) is 0 Å². The lowest BCUT2D eigenvalue weighted by Crippen LogP contribution is -2.37. The van der Waals surface area contributed by atoms with Crippen LogP contribution in [0.3, 0.4) is 0 Å². The number of nitrogens with zero attached hydrogens (tertiary/aromatic N) is 3. The highest BCUT2D eigenvalue weighted by Crippen LogP contribution is 2.15. The average molecular weight is 340 g/mol. The molecular formula is C18H20N4O3. The van der Waals surface area contributed by atoms with E-state index in [0.29, 0.717) is 49.2 Å². The number of hydrogen-bond donors (Lipinski definition) is 1. The molecule has 1 amide bonds.